The average molecular weight is 392 g/mol. The van der Waals surface area contributed by atoms with Crippen LogP contribution in [0.2, 0.25) is 0 Å². The van der Waals surface area contributed by atoms with Crippen LogP contribution in [0.3, 0.4) is 0 Å². The standard InChI is InChI=1S/C18H18BrNO4/c1-22-13-5-7-16(23-2)12(8-13)9-14(19)18(21)11-4-6-17(24-3)15(20)10-11/h4-10H,20H2,1-3H3/b14-9+. The first kappa shape index (κ1) is 17.9. The summed E-state index contributed by atoms with van der Waals surface area (Å²) in [6.07, 6.45) is 1.68. The molecule has 0 atom stereocenters. The molecule has 0 aliphatic rings. The van der Waals surface area contributed by atoms with Crippen molar-refractivity contribution in [3.8, 4) is 17.2 Å². The summed E-state index contributed by atoms with van der Waals surface area (Å²) in [4.78, 5) is 12.6. The third-order valence-electron chi connectivity index (χ3n) is 3.43. The molecule has 24 heavy (non-hydrogen) atoms. The molecular formula is C18H18BrNO4. The molecule has 6 heteroatoms. The zero-order chi connectivity index (χ0) is 17.7. The highest BCUT2D eigenvalue weighted by molar-refractivity contribution is 9.12. The van der Waals surface area contributed by atoms with E-state index in [1.807, 2.05) is 0 Å². The quantitative estimate of drug-likeness (QED) is 0.459. The van der Waals surface area contributed by atoms with E-state index >= 15 is 0 Å². The molecule has 126 valence electrons. The Morgan fingerprint density at radius 3 is 2.25 bits per heavy atom. The molecule has 0 spiro atoms. The zero-order valence-corrected chi connectivity index (χ0v) is 15.2. The molecule has 2 rings (SSSR count). The Morgan fingerprint density at radius 2 is 1.67 bits per heavy atom. The van der Waals surface area contributed by atoms with Crippen molar-refractivity contribution in [3.63, 3.8) is 0 Å². The molecule has 0 unspecified atom stereocenters. The van der Waals surface area contributed by atoms with Gasteiger partial charge < -0.3 is 19.9 Å². The number of anilines is 1. The summed E-state index contributed by atoms with van der Waals surface area (Å²) in [5.74, 6) is 1.63. The van der Waals surface area contributed by atoms with Crippen LogP contribution >= 0.6 is 15.9 Å². The van der Waals surface area contributed by atoms with Gasteiger partial charge in [0.1, 0.15) is 17.2 Å². The zero-order valence-electron chi connectivity index (χ0n) is 13.6. The van der Waals surface area contributed by atoms with Crippen LogP contribution in [0.5, 0.6) is 17.2 Å². The molecule has 0 radical (unpaired) electrons. The summed E-state index contributed by atoms with van der Waals surface area (Å²) < 4.78 is 16.0. The SMILES string of the molecule is COc1ccc(OC)c(/C=C(/Br)C(=O)c2ccc(OC)c(N)c2)c1. The van der Waals surface area contributed by atoms with Gasteiger partial charge in [0.25, 0.3) is 0 Å². The molecule has 0 bridgehead atoms. The lowest BCUT2D eigenvalue weighted by Crippen LogP contribution is -2.01. The summed E-state index contributed by atoms with van der Waals surface area (Å²) in [7, 11) is 4.67. The summed E-state index contributed by atoms with van der Waals surface area (Å²) in [5, 5.41) is 0. The lowest BCUT2D eigenvalue weighted by molar-refractivity contribution is 0.104. The topological polar surface area (TPSA) is 70.8 Å². The number of nitrogens with two attached hydrogens (primary N) is 1. The molecule has 5 nitrogen and oxygen atoms in total. The van der Waals surface area contributed by atoms with Gasteiger partial charge >= 0.3 is 0 Å². The second-order valence-electron chi connectivity index (χ2n) is 4.89. The van der Waals surface area contributed by atoms with Gasteiger partial charge in [-0.05, 0) is 58.4 Å². The first-order chi connectivity index (χ1) is 11.5. The van der Waals surface area contributed by atoms with E-state index in [0.29, 0.717) is 33.0 Å². The summed E-state index contributed by atoms with van der Waals surface area (Å²) in [6.45, 7) is 0. The Bertz CT molecular complexity index is 787. The van der Waals surface area contributed by atoms with Gasteiger partial charge in [0.2, 0.25) is 0 Å². The summed E-state index contributed by atoms with van der Waals surface area (Å²) in [6, 6.07) is 10.3. The molecular weight excluding hydrogens is 374 g/mol. The van der Waals surface area contributed by atoms with Crippen molar-refractivity contribution in [3.05, 3.63) is 52.0 Å². The minimum Gasteiger partial charge on any atom is -0.497 e. The Balaban J connectivity index is 2.36. The smallest absolute Gasteiger partial charge is 0.200 e. The fraction of sp³-hybridized carbons (Fsp3) is 0.167. The largest absolute Gasteiger partial charge is 0.497 e. The van der Waals surface area contributed by atoms with Crippen LogP contribution in [0.4, 0.5) is 5.69 Å². The molecule has 2 aromatic carbocycles. The van der Waals surface area contributed by atoms with E-state index < -0.39 is 0 Å². The van der Waals surface area contributed by atoms with Crippen LogP contribution in [0.15, 0.2) is 40.9 Å². The van der Waals surface area contributed by atoms with Crippen molar-refractivity contribution < 1.29 is 19.0 Å². The third-order valence-corrected chi connectivity index (χ3v) is 4.02. The molecule has 2 N–H and O–H groups in total. The van der Waals surface area contributed by atoms with Gasteiger partial charge in [-0.1, -0.05) is 0 Å². The number of benzene rings is 2. The molecule has 0 heterocycles. The minimum atomic E-state index is -0.200. The van der Waals surface area contributed by atoms with Gasteiger partial charge in [0.05, 0.1) is 31.5 Å². The maximum Gasteiger partial charge on any atom is 0.200 e. The van der Waals surface area contributed by atoms with E-state index in [9.17, 15) is 4.79 Å². The average Bonchev–Trinajstić information content (AvgIpc) is 2.60. The molecule has 0 aliphatic heterocycles. The van der Waals surface area contributed by atoms with Gasteiger partial charge in [-0.3, -0.25) is 4.79 Å². The summed E-state index contributed by atoms with van der Waals surface area (Å²) >= 11 is 3.33. The van der Waals surface area contributed by atoms with Gasteiger partial charge in [-0.2, -0.15) is 0 Å². The highest BCUT2D eigenvalue weighted by atomic mass is 79.9. The van der Waals surface area contributed by atoms with Crippen LogP contribution in [-0.4, -0.2) is 27.1 Å². The van der Waals surface area contributed by atoms with Crippen LogP contribution < -0.4 is 19.9 Å². The fourth-order valence-corrected chi connectivity index (χ4v) is 2.64. The number of hydrogen-bond acceptors (Lipinski definition) is 5. The first-order valence-corrected chi connectivity index (χ1v) is 7.87. The molecule has 0 saturated heterocycles. The number of allylic oxidation sites excluding steroid dienone is 1. The monoisotopic (exact) mass is 391 g/mol. The van der Waals surface area contributed by atoms with Crippen molar-refractivity contribution in [1.29, 1.82) is 0 Å². The number of methoxy groups -OCH3 is 3. The predicted molar refractivity (Wildman–Crippen MR) is 98.2 cm³/mol. The van der Waals surface area contributed by atoms with Gasteiger partial charge in [-0.15, -0.1) is 0 Å². The number of carbonyl (C=O) groups excluding carboxylic acids is 1. The van der Waals surface area contributed by atoms with E-state index in [-0.39, 0.29) is 5.78 Å². The number of rotatable bonds is 6. The fourth-order valence-electron chi connectivity index (χ4n) is 2.17. The highest BCUT2D eigenvalue weighted by Gasteiger charge is 2.13. The van der Waals surface area contributed by atoms with Gasteiger partial charge in [0, 0.05) is 11.1 Å². The minimum absolute atomic E-state index is 0.200. The number of carbonyl (C=O) groups is 1. The normalized spacial score (nSPS) is 11.1. The van der Waals surface area contributed by atoms with Crippen molar-refractivity contribution in [2.75, 3.05) is 27.1 Å². The van der Waals surface area contributed by atoms with Crippen LogP contribution in [0.25, 0.3) is 6.08 Å². The van der Waals surface area contributed by atoms with Gasteiger partial charge in [-0.25, -0.2) is 0 Å². The molecule has 2 aromatic rings. The second kappa shape index (κ2) is 7.88. The number of ether oxygens (including phenoxy) is 3. The number of Topliss-reactive ketones (excluding diaryl/α,β-unsaturated/α-hetero) is 1. The van der Waals surface area contributed by atoms with Crippen molar-refractivity contribution in [2.45, 2.75) is 0 Å². The molecule has 0 aliphatic carbocycles. The van der Waals surface area contributed by atoms with E-state index in [2.05, 4.69) is 15.9 Å². The maximum absolute atomic E-state index is 12.6. The molecule has 0 saturated carbocycles. The molecule has 0 aromatic heterocycles. The molecule has 0 fully saturated rings. The molecule has 0 amide bonds. The Labute approximate surface area is 149 Å². The lowest BCUT2D eigenvalue weighted by Gasteiger charge is -2.09. The van der Waals surface area contributed by atoms with Crippen molar-refractivity contribution in [2.24, 2.45) is 0 Å². The first-order valence-electron chi connectivity index (χ1n) is 7.07. The van der Waals surface area contributed by atoms with Crippen molar-refractivity contribution in [1.82, 2.24) is 0 Å². The Kier molecular flexibility index (Phi) is 5.87. The van der Waals surface area contributed by atoms with Gasteiger partial charge in [0.15, 0.2) is 5.78 Å². The predicted octanol–water partition coefficient (Wildman–Crippen LogP) is 3.91. The Morgan fingerprint density at radius 1 is 1.00 bits per heavy atom. The van der Waals surface area contributed by atoms with E-state index in [1.54, 1.807) is 56.7 Å². The van der Waals surface area contributed by atoms with E-state index in [4.69, 9.17) is 19.9 Å². The van der Waals surface area contributed by atoms with E-state index in [1.165, 1.54) is 7.11 Å². The Hall–Kier alpha value is -2.47. The highest BCUT2D eigenvalue weighted by Crippen LogP contribution is 2.29. The van der Waals surface area contributed by atoms with E-state index in [0.717, 1.165) is 5.56 Å². The number of ketones is 1. The second-order valence-corrected chi connectivity index (χ2v) is 5.74. The van der Waals surface area contributed by atoms with Crippen LogP contribution in [0.1, 0.15) is 15.9 Å². The maximum atomic E-state index is 12.6. The number of halogens is 1. The number of nitrogen functional groups attached to an aromatic ring is 1. The lowest BCUT2D eigenvalue weighted by atomic mass is 10.1. The summed E-state index contributed by atoms with van der Waals surface area (Å²) in [5.41, 5.74) is 7.44. The number of hydrogen-bond donors (Lipinski definition) is 1. The van der Waals surface area contributed by atoms with Crippen molar-refractivity contribution >= 4 is 33.5 Å². The van der Waals surface area contributed by atoms with Crippen LogP contribution in [0, 0.1) is 0 Å². The van der Waals surface area contributed by atoms with Crippen LogP contribution in [-0.2, 0) is 0 Å². The third kappa shape index (κ3) is 3.89.